The van der Waals surface area contributed by atoms with Crippen molar-refractivity contribution in [2.75, 3.05) is 5.43 Å². The highest BCUT2D eigenvalue weighted by atomic mass is 16.1. The van der Waals surface area contributed by atoms with Crippen LogP contribution in [0.25, 0.3) is 0 Å². The number of nitriles is 1. The van der Waals surface area contributed by atoms with Crippen molar-refractivity contribution in [3.8, 4) is 6.07 Å². The van der Waals surface area contributed by atoms with Gasteiger partial charge < -0.3 is 11.1 Å². The van der Waals surface area contributed by atoms with E-state index >= 15 is 0 Å². The third-order valence-electron chi connectivity index (χ3n) is 3.36. The van der Waals surface area contributed by atoms with Gasteiger partial charge in [0.1, 0.15) is 6.07 Å². The number of hydrogen-bond donors (Lipinski definition) is 4. The van der Waals surface area contributed by atoms with Crippen LogP contribution in [0.15, 0.2) is 53.6 Å². The summed E-state index contributed by atoms with van der Waals surface area (Å²) in [7, 11) is 0. The van der Waals surface area contributed by atoms with E-state index < -0.39 is 5.84 Å². The van der Waals surface area contributed by atoms with Crippen LogP contribution in [0.4, 0.5) is 5.69 Å². The third kappa shape index (κ3) is 4.91. The topological polar surface area (TPSA) is 127 Å². The van der Waals surface area contributed by atoms with Gasteiger partial charge in [-0.15, -0.1) is 0 Å². The largest absolute Gasteiger partial charge is 0.382 e. The average molecular weight is 334 g/mol. The van der Waals surface area contributed by atoms with Gasteiger partial charge >= 0.3 is 0 Å². The van der Waals surface area contributed by atoms with E-state index in [9.17, 15) is 4.79 Å². The van der Waals surface area contributed by atoms with Gasteiger partial charge in [0.2, 0.25) is 5.71 Å². The first-order valence-electron chi connectivity index (χ1n) is 7.52. The molecular formula is C18H18N6O. The molecule has 0 saturated heterocycles. The van der Waals surface area contributed by atoms with Crippen LogP contribution in [-0.2, 0) is 6.54 Å². The van der Waals surface area contributed by atoms with Crippen molar-refractivity contribution in [1.29, 1.82) is 10.7 Å². The molecule has 0 aromatic heterocycles. The Kier molecular flexibility index (Phi) is 5.85. The highest BCUT2D eigenvalue weighted by molar-refractivity contribution is 6.45. The Labute approximate surface area is 145 Å². The van der Waals surface area contributed by atoms with Gasteiger partial charge in [-0.3, -0.25) is 15.6 Å². The zero-order chi connectivity index (χ0) is 18.2. The number of amides is 1. The van der Waals surface area contributed by atoms with E-state index in [-0.39, 0.29) is 11.6 Å². The van der Waals surface area contributed by atoms with Crippen molar-refractivity contribution < 1.29 is 4.79 Å². The maximum Gasteiger partial charge on any atom is 0.253 e. The monoisotopic (exact) mass is 334 g/mol. The molecule has 0 unspecified atom stereocenters. The Hall–Kier alpha value is -3.66. The second-order valence-electron chi connectivity index (χ2n) is 5.32. The van der Waals surface area contributed by atoms with Crippen molar-refractivity contribution in [2.45, 2.75) is 13.5 Å². The summed E-state index contributed by atoms with van der Waals surface area (Å²) in [5.41, 5.74) is 10.5. The van der Waals surface area contributed by atoms with Crippen LogP contribution in [0.2, 0.25) is 0 Å². The summed E-state index contributed by atoms with van der Waals surface area (Å²) in [5.74, 6) is -0.725. The number of anilines is 1. The number of hydrogen-bond acceptors (Lipinski definition) is 5. The van der Waals surface area contributed by atoms with Gasteiger partial charge in [0.25, 0.3) is 5.91 Å². The third-order valence-corrected chi connectivity index (χ3v) is 3.36. The van der Waals surface area contributed by atoms with Crippen molar-refractivity contribution in [1.82, 2.24) is 5.32 Å². The summed E-state index contributed by atoms with van der Waals surface area (Å²) in [6.07, 6.45) is 0. The number of hydrazone groups is 1. The number of benzene rings is 2. The maximum atomic E-state index is 12.4. The Morgan fingerprint density at radius 3 is 2.72 bits per heavy atom. The van der Waals surface area contributed by atoms with Crippen molar-refractivity contribution in [3.05, 3.63) is 65.2 Å². The minimum atomic E-state index is -0.448. The van der Waals surface area contributed by atoms with Crippen molar-refractivity contribution >= 4 is 23.1 Å². The number of para-hydroxylation sites is 1. The second kappa shape index (κ2) is 8.26. The van der Waals surface area contributed by atoms with E-state index in [0.717, 1.165) is 11.1 Å². The average Bonchev–Trinajstić information content (AvgIpc) is 2.60. The number of amidine groups is 1. The molecule has 0 aliphatic rings. The van der Waals surface area contributed by atoms with Gasteiger partial charge in [-0.1, -0.05) is 42.0 Å². The quantitative estimate of drug-likeness (QED) is 0.366. The molecule has 5 N–H and O–H groups in total. The molecule has 0 radical (unpaired) electrons. The normalized spacial score (nSPS) is 10.6. The summed E-state index contributed by atoms with van der Waals surface area (Å²) >= 11 is 0. The molecule has 0 fully saturated rings. The molecule has 0 bridgehead atoms. The number of nitrogens with zero attached hydrogens (tertiary/aromatic N) is 2. The fraction of sp³-hybridized carbons (Fsp3) is 0.111. The number of carbonyl (C=O) groups excluding carboxylic acids is 1. The first-order chi connectivity index (χ1) is 12.0. The zero-order valence-electron chi connectivity index (χ0n) is 13.7. The minimum absolute atomic E-state index is 0.255. The van der Waals surface area contributed by atoms with Gasteiger partial charge in [-0.2, -0.15) is 10.4 Å². The van der Waals surface area contributed by atoms with E-state index in [0.29, 0.717) is 17.8 Å². The molecule has 7 heteroatoms. The minimum Gasteiger partial charge on any atom is -0.382 e. The molecule has 0 aliphatic carbocycles. The summed E-state index contributed by atoms with van der Waals surface area (Å²) in [5, 5.41) is 22.7. The molecule has 0 saturated carbocycles. The summed E-state index contributed by atoms with van der Waals surface area (Å²) in [6.45, 7) is 2.39. The second-order valence-corrected chi connectivity index (χ2v) is 5.32. The van der Waals surface area contributed by atoms with E-state index in [1.54, 1.807) is 30.3 Å². The first kappa shape index (κ1) is 17.7. The lowest BCUT2D eigenvalue weighted by Crippen LogP contribution is -2.24. The van der Waals surface area contributed by atoms with Gasteiger partial charge in [0.15, 0.2) is 5.84 Å². The number of rotatable bonds is 6. The Morgan fingerprint density at radius 2 is 2.04 bits per heavy atom. The number of carbonyl (C=O) groups is 1. The van der Waals surface area contributed by atoms with Crippen LogP contribution >= 0.6 is 0 Å². The van der Waals surface area contributed by atoms with Crippen LogP contribution in [0.3, 0.4) is 0 Å². The zero-order valence-corrected chi connectivity index (χ0v) is 13.7. The van der Waals surface area contributed by atoms with Crippen LogP contribution in [-0.4, -0.2) is 17.5 Å². The lowest BCUT2D eigenvalue weighted by atomic mass is 10.1. The van der Waals surface area contributed by atoms with Crippen molar-refractivity contribution in [3.63, 3.8) is 0 Å². The molecule has 2 aromatic carbocycles. The van der Waals surface area contributed by atoms with Crippen LogP contribution in [0.1, 0.15) is 21.5 Å². The molecule has 25 heavy (non-hydrogen) atoms. The van der Waals surface area contributed by atoms with E-state index in [4.69, 9.17) is 16.4 Å². The first-order valence-corrected chi connectivity index (χ1v) is 7.52. The molecular weight excluding hydrogens is 316 g/mol. The molecule has 0 aliphatic heterocycles. The molecule has 2 aromatic rings. The smallest absolute Gasteiger partial charge is 0.253 e. The number of aryl methyl sites for hydroxylation is 1. The lowest BCUT2D eigenvalue weighted by Gasteiger charge is -2.10. The molecule has 2 rings (SSSR count). The fourth-order valence-electron chi connectivity index (χ4n) is 2.14. The predicted octanol–water partition coefficient (Wildman–Crippen LogP) is 2.15. The molecule has 7 nitrogen and oxygen atoms in total. The lowest BCUT2D eigenvalue weighted by molar-refractivity contribution is 0.0951. The Balaban J connectivity index is 2.12. The highest BCUT2D eigenvalue weighted by Gasteiger charge is 2.11. The molecule has 0 heterocycles. The Morgan fingerprint density at radius 1 is 1.28 bits per heavy atom. The van der Waals surface area contributed by atoms with E-state index in [1.807, 2.05) is 31.2 Å². The van der Waals surface area contributed by atoms with E-state index in [2.05, 4.69) is 15.8 Å². The molecule has 0 spiro atoms. The van der Waals surface area contributed by atoms with Crippen LogP contribution < -0.4 is 16.5 Å². The van der Waals surface area contributed by atoms with Gasteiger partial charge in [-0.05, 0) is 24.6 Å². The van der Waals surface area contributed by atoms with Crippen molar-refractivity contribution in [2.24, 2.45) is 10.8 Å². The molecule has 0 atom stereocenters. The number of nitrogens with one attached hydrogen (secondary N) is 3. The van der Waals surface area contributed by atoms with Crippen LogP contribution in [0.5, 0.6) is 0 Å². The Bertz CT molecular complexity index is 866. The summed E-state index contributed by atoms with van der Waals surface area (Å²) in [6, 6.07) is 16.3. The highest BCUT2D eigenvalue weighted by Crippen LogP contribution is 2.15. The van der Waals surface area contributed by atoms with Crippen LogP contribution in [0, 0.1) is 23.7 Å². The summed E-state index contributed by atoms with van der Waals surface area (Å²) < 4.78 is 0. The summed E-state index contributed by atoms with van der Waals surface area (Å²) in [4.78, 5) is 12.4. The van der Waals surface area contributed by atoms with Gasteiger partial charge in [0, 0.05) is 6.54 Å². The van der Waals surface area contributed by atoms with E-state index in [1.165, 1.54) is 0 Å². The van der Waals surface area contributed by atoms with Gasteiger partial charge in [-0.25, -0.2) is 0 Å². The maximum absolute atomic E-state index is 12.4. The predicted molar refractivity (Wildman–Crippen MR) is 97.4 cm³/mol. The number of nitrogens with two attached hydrogens (primary N) is 1. The molecule has 1 amide bonds. The van der Waals surface area contributed by atoms with Gasteiger partial charge in [0.05, 0.1) is 11.3 Å². The standard InChI is InChI=1S/C18H18N6O/c1-12-5-4-6-13(9-12)11-22-18(25)14-7-2-3-8-15(14)23-24-16(10-19)17(20)21/h2-9,23H,11H2,1H3,(H3,20,21)(H,22,25)/b24-16+. The SMILES string of the molecule is Cc1cccc(CNC(=O)c2ccccc2N/N=C(\C#N)C(=N)N)c1. The fourth-order valence-corrected chi connectivity index (χ4v) is 2.14. The molecule has 126 valence electrons.